The molecule has 0 spiro atoms. The number of hydrogen-bond donors (Lipinski definition) is 2. The van der Waals surface area contributed by atoms with E-state index in [0.29, 0.717) is 22.7 Å². The van der Waals surface area contributed by atoms with Crippen LogP contribution < -0.4 is 10.5 Å². The minimum absolute atomic E-state index is 0.112. The summed E-state index contributed by atoms with van der Waals surface area (Å²) in [6.45, 7) is 0. The standard InChI is InChI=1S/C19H15NO3/c20-17-9-5-4-8-15(17)19(22)16-12-14(10-11-18(16)21)23-13-6-2-1-3-7-13/h1-12,21H,20H2. The van der Waals surface area contributed by atoms with Crippen LogP contribution in [-0.4, -0.2) is 10.9 Å². The van der Waals surface area contributed by atoms with Gasteiger partial charge in [-0.2, -0.15) is 0 Å². The molecule has 0 amide bonds. The predicted molar refractivity (Wildman–Crippen MR) is 88.9 cm³/mol. The molecule has 0 atom stereocenters. The summed E-state index contributed by atoms with van der Waals surface area (Å²) in [6.07, 6.45) is 0. The Labute approximate surface area is 133 Å². The van der Waals surface area contributed by atoms with Crippen molar-refractivity contribution in [3.05, 3.63) is 83.9 Å². The van der Waals surface area contributed by atoms with Crippen LogP contribution in [0.4, 0.5) is 5.69 Å². The number of hydrogen-bond acceptors (Lipinski definition) is 4. The molecule has 23 heavy (non-hydrogen) atoms. The molecule has 0 radical (unpaired) electrons. The van der Waals surface area contributed by atoms with E-state index in [9.17, 15) is 9.90 Å². The van der Waals surface area contributed by atoms with Crippen LogP contribution in [0.15, 0.2) is 72.8 Å². The van der Waals surface area contributed by atoms with E-state index in [1.54, 1.807) is 30.3 Å². The second kappa shape index (κ2) is 6.23. The highest BCUT2D eigenvalue weighted by Crippen LogP contribution is 2.29. The van der Waals surface area contributed by atoms with E-state index in [1.807, 2.05) is 30.3 Å². The van der Waals surface area contributed by atoms with Crippen LogP contribution in [0, 0.1) is 0 Å². The predicted octanol–water partition coefficient (Wildman–Crippen LogP) is 4.00. The van der Waals surface area contributed by atoms with Crippen LogP contribution >= 0.6 is 0 Å². The van der Waals surface area contributed by atoms with Crippen LogP contribution in [0.5, 0.6) is 17.2 Å². The fourth-order valence-corrected chi connectivity index (χ4v) is 2.23. The first kappa shape index (κ1) is 14.7. The zero-order valence-electron chi connectivity index (χ0n) is 12.3. The van der Waals surface area contributed by atoms with Gasteiger partial charge >= 0.3 is 0 Å². The van der Waals surface area contributed by atoms with Gasteiger partial charge in [-0.05, 0) is 42.5 Å². The first-order valence-corrected chi connectivity index (χ1v) is 7.10. The third-order valence-electron chi connectivity index (χ3n) is 3.40. The molecule has 0 saturated heterocycles. The SMILES string of the molecule is Nc1ccccc1C(=O)c1cc(Oc2ccccc2)ccc1O. The van der Waals surface area contributed by atoms with E-state index in [0.717, 1.165) is 0 Å². The zero-order valence-corrected chi connectivity index (χ0v) is 12.3. The number of aromatic hydroxyl groups is 1. The topological polar surface area (TPSA) is 72.6 Å². The third kappa shape index (κ3) is 3.16. The Balaban J connectivity index is 1.95. The Morgan fingerprint density at radius 3 is 2.26 bits per heavy atom. The number of phenolic OH excluding ortho intramolecular Hbond substituents is 1. The summed E-state index contributed by atoms with van der Waals surface area (Å²) in [4.78, 5) is 12.6. The Bertz CT molecular complexity index is 844. The van der Waals surface area contributed by atoms with Crippen molar-refractivity contribution in [2.45, 2.75) is 0 Å². The van der Waals surface area contributed by atoms with Gasteiger partial charge in [0.1, 0.15) is 17.2 Å². The Hall–Kier alpha value is -3.27. The molecule has 0 bridgehead atoms. The second-order valence-corrected chi connectivity index (χ2v) is 5.01. The largest absolute Gasteiger partial charge is 0.507 e. The average Bonchev–Trinajstić information content (AvgIpc) is 2.57. The molecule has 3 N–H and O–H groups in total. The summed E-state index contributed by atoms with van der Waals surface area (Å²) in [6, 6.07) is 20.5. The van der Waals surface area contributed by atoms with E-state index in [4.69, 9.17) is 10.5 Å². The molecule has 3 rings (SSSR count). The summed E-state index contributed by atoms with van der Waals surface area (Å²) in [7, 11) is 0. The number of nitrogen functional groups attached to an aromatic ring is 1. The van der Waals surface area contributed by atoms with Gasteiger partial charge in [0.25, 0.3) is 0 Å². The normalized spacial score (nSPS) is 10.3. The fraction of sp³-hybridized carbons (Fsp3) is 0. The molecule has 3 aromatic rings. The maximum atomic E-state index is 12.6. The quantitative estimate of drug-likeness (QED) is 0.564. The van der Waals surface area contributed by atoms with Gasteiger partial charge < -0.3 is 15.6 Å². The number of benzene rings is 3. The van der Waals surface area contributed by atoms with Crippen LogP contribution in [0.2, 0.25) is 0 Å². The van der Waals surface area contributed by atoms with Crippen molar-refractivity contribution < 1.29 is 14.6 Å². The molecular weight excluding hydrogens is 290 g/mol. The molecule has 0 aliphatic rings. The smallest absolute Gasteiger partial charge is 0.198 e. The van der Waals surface area contributed by atoms with E-state index in [2.05, 4.69) is 0 Å². The summed E-state index contributed by atoms with van der Waals surface area (Å²) in [5.74, 6) is 0.653. The molecule has 0 unspecified atom stereocenters. The van der Waals surface area contributed by atoms with Gasteiger partial charge in [-0.3, -0.25) is 4.79 Å². The van der Waals surface area contributed by atoms with E-state index in [-0.39, 0.29) is 17.1 Å². The number of anilines is 1. The van der Waals surface area contributed by atoms with Crippen molar-refractivity contribution in [2.24, 2.45) is 0 Å². The van der Waals surface area contributed by atoms with Crippen LogP contribution in [0.25, 0.3) is 0 Å². The fourth-order valence-electron chi connectivity index (χ4n) is 2.23. The molecule has 4 nitrogen and oxygen atoms in total. The van der Waals surface area contributed by atoms with Crippen molar-refractivity contribution in [2.75, 3.05) is 5.73 Å². The van der Waals surface area contributed by atoms with Crippen LogP contribution in [-0.2, 0) is 0 Å². The van der Waals surface area contributed by atoms with E-state index >= 15 is 0 Å². The van der Waals surface area contributed by atoms with Gasteiger partial charge in [0.15, 0.2) is 5.78 Å². The number of ether oxygens (including phenoxy) is 1. The number of nitrogens with two attached hydrogens (primary N) is 1. The molecule has 0 fully saturated rings. The number of carbonyl (C=O) groups is 1. The lowest BCUT2D eigenvalue weighted by atomic mass is 10.0. The second-order valence-electron chi connectivity index (χ2n) is 5.01. The van der Waals surface area contributed by atoms with Crippen molar-refractivity contribution in [3.63, 3.8) is 0 Å². The summed E-state index contributed by atoms with van der Waals surface area (Å²) in [5, 5.41) is 10.0. The first-order valence-electron chi connectivity index (χ1n) is 7.10. The Morgan fingerprint density at radius 1 is 0.826 bits per heavy atom. The number of rotatable bonds is 4. The number of para-hydroxylation sites is 2. The molecule has 3 aromatic carbocycles. The van der Waals surface area contributed by atoms with Crippen molar-refractivity contribution in [1.29, 1.82) is 0 Å². The molecule has 0 heterocycles. The van der Waals surface area contributed by atoms with Gasteiger partial charge in [0.2, 0.25) is 0 Å². The molecule has 0 saturated carbocycles. The molecule has 0 aliphatic heterocycles. The minimum atomic E-state index is -0.348. The first-order chi connectivity index (χ1) is 11.1. The summed E-state index contributed by atoms with van der Waals surface area (Å²) >= 11 is 0. The highest BCUT2D eigenvalue weighted by molar-refractivity contribution is 6.13. The highest BCUT2D eigenvalue weighted by atomic mass is 16.5. The lowest BCUT2D eigenvalue weighted by molar-refractivity contribution is 0.103. The molecular formula is C19H15NO3. The van der Waals surface area contributed by atoms with Gasteiger partial charge in [-0.25, -0.2) is 0 Å². The molecule has 0 aromatic heterocycles. The van der Waals surface area contributed by atoms with Crippen molar-refractivity contribution in [3.8, 4) is 17.2 Å². The Morgan fingerprint density at radius 2 is 1.52 bits per heavy atom. The molecule has 114 valence electrons. The minimum Gasteiger partial charge on any atom is -0.507 e. The lowest BCUT2D eigenvalue weighted by Crippen LogP contribution is -2.05. The van der Waals surface area contributed by atoms with Crippen LogP contribution in [0.3, 0.4) is 0 Å². The maximum Gasteiger partial charge on any atom is 0.198 e. The van der Waals surface area contributed by atoms with Crippen LogP contribution in [0.1, 0.15) is 15.9 Å². The third-order valence-corrected chi connectivity index (χ3v) is 3.40. The van der Waals surface area contributed by atoms with Gasteiger partial charge in [-0.1, -0.05) is 30.3 Å². The van der Waals surface area contributed by atoms with E-state index in [1.165, 1.54) is 12.1 Å². The van der Waals surface area contributed by atoms with Crippen molar-refractivity contribution >= 4 is 11.5 Å². The summed E-state index contributed by atoms with van der Waals surface area (Å²) in [5.41, 5.74) is 6.70. The van der Waals surface area contributed by atoms with E-state index < -0.39 is 0 Å². The molecule has 4 heteroatoms. The number of phenols is 1. The van der Waals surface area contributed by atoms with Gasteiger partial charge in [0, 0.05) is 11.3 Å². The lowest BCUT2D eigenvalue weighted by Gasteiger charge is -2.10. The highest BCUT2D eigenvalue weighted by Gasteiger charge is 2.17. The monoisotopic (exact) mass is 305 g/mol. The number of ketones is 1. The van der Waals surface area contributed by atoms with Crippen molar-refractivity contribution in [1.82, 2.24) is 0 Å². The maximum absolute atomic E-state index is 12.6. The van der Waals surface area contributed by atoms with Gasteiger partial charge in [0.05, 0.1) is 5.56 Å². The number of carbonyl (C=O) groups excluding carboxylic acids is 1. The average molecular weight is 305 g/mol. The molecule has 0 aliphatic carbocycles. The van der Waals surface area contributed by atoms with Gasteiger partial charge in [-0.15, -0.1) is 0 Å². The summed E-state index contributed by atoms with van der Waals surface area (Å²) < 4.78 is 5.70. The zero-order chi connectivity index (χ0) is 16.2. The Kier molecular flexibility index (Phi) is 3.97.